The number of morpholine rings is 1. The molecule has 0 aliphatic carbocycles. The normalized spacial score (nSPS) is 13.6. The summed E-state index contributed by atoms with van der Waals surface area (Å²) in [5.41, 5.74) is 2.62. The molecule has 1 aliphatic rings. The zero-order valence-corrected chi connectivity index (χ0v) is 20.6. The predicted octanol–water partition coefficient (Wildman–Crippen LogP) is 3.77. The van der Waals surface area contributed by atoms with Gasteiger partial charge in [-0.15, -0.1) is 0 Å². The van der Waals surface area contributed by atoms with Crippen molar-refractivity contribution in [2.45, 2.75) is 6.54 Å². The predicted molar refractivity (Wildman–Crippen MR) is 135 cm³/mol. The van der Waals surface area contributed by atoms with Gasteiger partial charge < -0.3 is 29.0 Å². The molecule has 3 aromatic rings. The molecule has 1 saturated heterocycles. The zero-order chi connectivity index (χ0) is 25.2. The molecule has 1 N–H and O–H groups in total. The van der Waals surface area contributed by atoms with Crippen LogP contribution in [0.15, 0.2) is 60.8 Å². The summed E-state index contributed by atoms with van der Waals surface area (Å²) in [6.07, 6.45) is 1.05. The lowest BCUT2D eigenvalue weighted by molar-refractivity contribution is 0.0321. The Hall–Kier alpha value is -3.82. The molecule has 0 bridgehead atoms. The monoisotopic (exact) mass is 493 g/mol. The third-order valence-corrected chi connectivity index (χ3v) is 5.82. The first kappa shape index (κ1) is 25.3. The van der Waals surface area contributed by atoms with Crippen LogP contribution in [0.5, 0.6) is 23.1 Å². The summed E-state index contributed by atoms with van der Waals surface area (Å²) >= 11 is 0. The second kappa shape index (κ2) is 12.8. The molecule has 0 unspecified atom stereocenters. The summed E-state index contributed by atoms with van der Waals surface area (Å²) in [5, 5.41) is 2.71. The molecule has 9 nitrogen and oxygen atoms in total. The number of amides is 1. The number of carbonyl (C=O) groups excluding carboxylic acids is 1. The van der Waals surface area contributed by atoms with Gasteiger partial charge in [0.2, 0.25) is 5.88 Å². The maximum absolute atomic E-state index is 12.2. The Kier molecular flexibility index (Phi) is 8.96. The van der Waals surface area contributed by atoms with E-state index in [1.165, 1.54) is 0 Å². The summed E-state index contributed by atoms with van der Waals surface area (Å²) in [6, 6.07) is 16.7. The van der Waals surface area contributed by atoms with E-state index in [1.807, 2.05) is 48.5 Å². The van der Waals surface area contributed by atoms with E-state index in [0.717, 1.165) is 49.5 Å². The molecule has 0 atom stereocenters. The number of ether oxygens (including phenoxy) is 5. The van der Waals surface area contributed by atoms with Crippen molar-refractivity contribution in [1.82, 2.24) is 15.2 Å². The number of carbonyl (C=O) groups is 1. The van der Waals surface area contributed by atoms with Crippen LogP contribution in [-0.2, 0) is 11.3 Å². The molecule has 1 amide bonds. The summed E-state index contributed by atoms with van der Waals surface area (Å²) in [5.74, 6) is 2.23. The van der Waals surface area contributed by atoms with Crippen LogP contribution in [0.25, 0.3) is 11.1 Å². The molecule has 0 saturated carbocycles. The molecule has 4 rings (SSSR count). The Morgan fingerprint density at radius 2 is 1.75 bits per heavy atom. The van der Waals surface area contributed by atoms with Crippen LogP contribution in [0.2, 0.25) is 0 Å². The average molecular weight is 494 g/mol. The van der Waals surface area contributed by atoms with Crippen LogP contribution < -0.4 is 24.3 Å². The standard InChI is InChI=1S/C27H31N3O6/c1-32-23-6-4-3-5-22(23)19-29-27(31)36-26-10-8-21(18-28-26)20-7-9-24(25(17-20)33-2)35-16-13-30-11-14-34-15-12-30/h3-10,17-18H,11-16,19H2,1-2H3,(H,29,31). The number of methoxy groups -OCH3 is 2. The van der Waals surface area contributed by atoms with Gasteiger partial charge in [0.05, 0.1) is 27.4 Å². The first-order chi connectivity index (χ1) is 17.7. The van der Waals surface area contributed by atoms with Crippen LogP contribution in [0.3, 0.4) is 0 Å². The molecule has 2 aromatic carbocycles. The third-order valence-electron chi connectivity index (χ3n) is 5.82. The fraction of sp³-hybridized carbons (Fsp3) is 0.333. The van der Waals surface area contributed by atoms with Crippen molar-refractivity contribution in [1.29, 1.82) is 0 Å². The van der Waals surface area contributed by atoms with Crippen molar-refractivity contribution in [3.05, 3.63) is 66.4 Å². The highest BCUT2D eigenvalue weighted by Crippen LogP contribution is 2.32. The highest BCUT2D eigenvalue weighted by molar-refractivity contribution is 5.71. The van der Waals surface area contributed by atoms with Crippen molar-refractivity contribution >= 4 is 6.09 Å². The lowest BCUT2D eigenvalue weighted by Gasteiger charge is -2.26. The summed E-state index contributed by atoms with van der Waals surface area (Å²) in [6.45, 7) is 5.08. The van der Waals surface area contributed by atoms with Gasteiger partial charge >= 0.3 is 6.09 Å². The Bertz CT molecular complexity index is 1130. The van der Waals surface area contributed by atoms with Crippen molar-refractivity contribution in [2.24, 2.45) is 0 Å². The molecule has 36 heavy (non-hydrogen) atoms. The second-order valence-electron chi connectivity index (χ2n) is 8.11. The molecule has 0 spiro atoms. The number of pyridine rings is 1. The molecular weight excluding hydrogens is 462 g/mol. The first-order valence-corrected chi connectivity index (χ1v) is 11.8. The quantitative estimate of drug-likeness (QED) is 0.457. The lowest BCUT2D eigenvalue weighted by Crippen LogP contribution is -2.38. The summed E-state index contributed by atoms with van der Waals surface area (Å²) in [4.78, 5) is 18.8. The maximum atomic E-state index is 12.2. The average Bonchev–Trinajstić information content (AvgIpc) is 2.93. The Morgan fingerprint density at radius 3 is 2.50 bits per heavy atom. The number of hydrogen-bond donors (Lipinski definition) is 1. The molecular formula is C27H31N3O6. The van der Waals surface area contributed by atoms with Gasteiger partial charge in [-0.25, -0.2) is 9.78 Å². The molecule has 190 valence electrons. The third kappa shape index (κ3) is 6.87. The number of nitrogens with zero attached hydrogens (tertiary/aromatic N) is 2. The van der Waals surface area contributed by atoms with E-state index in [1.54, 1.807) is 26.5 Å². The van der Waals surface area contributed by atoms with Crippen LogP contribution in [0.1, 0.15) is 5.56 Å². The first-order valence-electron chi connectivity index (χ1n) is 11.8. The minimum Gasteiger partial charge on any atom is -0.496 e. The highest BCUT2D eigenvalue weighted by Gasteiger charge is 2.13. The summed E-state index contributed by atoms with van der Waals surface area (Å²) in [7, 11) is 3.21. The van der Waals surface area contributed by atoms with E-state index < -0.39 is 6.09 Å². The Morgan fingerprint density at radius 1 is 0.972 bits per heavy atom. The number of hydrogen-bond acceptors (Lipinski definition) is 8. The van der Waals surface area contributed by atoms with Crippen LogP contribution in [-0.4, -0.2) is 69.7 Å². The zero-order valence-electron chi connectivity index (χ0n) is 20.6. The maximum Gasteiger partial charge on any atom is 0.414 e. The van der Waals surface area contributed by atoms with E-state index >= 15 is 0 Å². The van der Waals surface area contributed by atoms with Crippen molar-refractivity contribution in [2.75, 3.05) is 53.7 Å². The van der Waals surface area contributed by atoms with E-state index in [2.05, 4.69) is 15.2 Å². The topological polar surface area (TPSA) is 91.4 Å². The van der Waals surface area contributed by atoms with E-state index in [9.17, 15) is 4.79 Å². The Balaban J connectivity index is 1.31. The minimum absolute atomic E-state index is 0.200. The van der Waals surface area contributed by atoms with Crippen LogP contribution >= 0.6 is 0 Å². The molecule has 1 aromatic heterocycles. The van der Waals surface area contributed by atoms with Crippen molar-refractivity contribution in [3.8, 4) is 34.3 Å². The van der Waals surface area contributed by atoms with Crippen LogP contribution in [0.4, 0.5) is 4.79 Å². The fourth-order valence-corrected chi connectivity index (χ4v) is 3.83. The molecule has 9 heteroatoms. The Labute approximate surface area is 210 Å². The van der Waals surface area contributed by atoms with E-state index in [4.69, 9.17) is 23.7 Å². The second-order valence-corrected chi connectivity index (χ2v) is 8.11. The van der Waals surface area contributed by atoms with Crippen molar-refractivity contribution in [3.63, 3.8) is 0 Å². The minimum atomic E-state index is -0.596. The van der Waals surface area contributed by atoms with Gasteiger partial charge in [-0.3, -0.25) is 4.90 Å². The van der Waals surface area contributed by atoms with Gasteiger partial charge in [-0.2, -0.15) is 0 Å². The molecule has 2 heterocycles. The van der Waals surface area contributed by atoms with E-state index in [0.29, 0.717) is 23.9 Å². The lowest BCUT2D eigenvalue weighted by atomic mass is 10.1. The SMILES string of the molecule is COc1ccccc1CNC(=O)Oc1ccc(-c2ccc(OCCN3CCOCC3)c(OC)c2)cn1. The number of nitrogens with one attached hydrogen (secondary N) is 1. The smallest absolute Gasteiger partial charge is 0.414 e. The van der Waals surface area contributed by atoms with Gasteiger partial charge in [-0.1, -0.05) is 24.3 Å². The number of benzene rings is 2. The number of rotatable bonds is 10. The molecule has 1 fully saturated rings. The molecule has 0 radical (unpaired) electrons. The van der Waals surface area contributed by atoms with Gasteiger partial charge in [0, 0.05) is 49.6 Å². The largest absolute Gasteiger partial charge is 0.496 e. The molecule has 1 aliphatic heterocycles. The number of aromatic nitrogens is 1. The van der Waals surface area contributed by atoms with Crippen LogP contribution in [0, 0.1) is 0 Å². The number of para-hydroxylation sites is 1. The van der Waals surface area contributed by atoms with Gasteiger partial charge in [0.1, 0.15) is 12.4 Å². The van der Waals surface area contributed by atoms with Crippen molar-refractivity contribution < 1.29 is 28.5 Å². The van der Waals surface area contributed by atoms with Gasteiger partial charge in [-0.05, 0) is 29.8 Å². The summed E-state index contributed by atoms with van der Waals surface area (Å²) < 4.78 is 27.5. The van der Waals surface area contributed by atoms with E-state index in [-0.39, 0.29) is 12.4 Å². The van der Waals surface area contributed by atoms with Gasteiger partial charge in [0.15, 0.2) is 11.5 Å². The fourth-order valence-electron chi connectivity index (χ4n) is 3.83. The highest BCUT2D eigenvalue weighted by atomic mass is 16.6. The van der Waals surface area contributed by atoms with Gasteiger partial charge in [0.25, 0.3) is 0 Å².